The van der Waals surface area contributed by atoms with E-state index >= 15 is 0 Å². The summed E-state index contributed by atoms with van der Waals surface area (Å²) in [7, 11) is 0. The molecular formula is C23H25N3O3. The molecule has 29 heavy (non-hydrogen) atoms. The van der Waals surface area contributed by atoms with E-state index in [9.17, 15) is 4.79 Å². The van der Waals surface area contributed by atoms with Crippen LogP contribution in [-0.4, -0.2) is 34.1 Å². The zero-order valence-corrected chi connectivity index (χ0v) is 16.8. The predicted octanol–water partition coefficient (Wildman–Crippen LogP) is 4.29. The summed E-state index contributed by atoms with van der Waals surface area (Å²) in [5.41, 5.74) is 2.92. The maximum absolute atomic E-state index is 13.0. The average molecular weight is 391 g/mol. The van der Waals surface area contributed by atoms with Crippen molar-refractivity contribution in [2.75, 3.05) is 13.2 Å². The lowest BCUT2D eigenvalue weighted by Gasteiger charge is -2.22. The number of benzene rings is 2. The highest BCUT2D eigenvalue weighted by molar-refractivity contribution is 5.94. The number of aromatic nitrogens is 2. The number of likely N-dealkylation sites (tertiary alicyclic amines) is 1. The SMILES string of the molecule is Cc1cccc(OCCc2noc(C3CCCN3C(=O)c3cccc(C)c3)n2)c1. The van der Waals surface area contributed by atoms with Crippen molar-refractivity contribution >= 4 is 5.91 Å². The van der Waals surface area contributed by atoms with Crippen LogP contribution < -0.4 is 4.74 Å². The zero-order chi connectivity index (χ0) is 20.2. The fourth-order valence-corrected chi connectivity index (χ4v) is 3.68. The van der Waals surface area contributed by atoms with Crippen LogP contribution >= 0.6 is 0 Å². The van der Waals surface area contributed by atoms with Crippen LogP contribution in [0.2, 0.25) is 0 Å². The molecule has 0 radical (unpaired) electrons. The van der Waals surface area contributed by atoms with Crippen molar-refractivity contribution < 1.29 is 14.1 Å². The fraction of sp³-hybridized carbons (Fsp3) is 0.348. The summed E-state index contributed by atoms with van der Waals surface area (Å²) in [6, 6.07) is 15.4. The van der Waals surface area contributed by atoms with E-state index in [0.29, 0.717) is 36.9 Å². The van der Waals surface area contributed by atoms with Crippen molar-refractivity contribution in [2.45, 2.75) is 39.2 Å². The topological polar surface area (TPSA) is 68.5 Å². The lowest BCUT2D eigenvalue weighted by Crippen LogP contribution is -2.30. The number of carbonyl (C=O) groups is 1. The van der Waals surface area contributed by atoms with Gasteiger partial charge in [-0.25, -0.2) is 0 Å². The van der Waals surface area contributed by atoms with Gasteiger partial charge in [-0.05, 0) is 56.5 Å². The van der Waals surface area contributed by atoms with E-state index in [0.717, 1.165) is 29.7 Å². The standard InChI is InChI=1S/C23H25N3O3/c1-16-6-3-8-18(14-16)23(27)26-12-5-10-20(26)22-24-21(25-29-22)11-13-28-19-9-4-7-17(2)15-19/h3-4,6-9,14-15,20H,5,10-13H2,1-2H3. The lowest BCUT2D eigenvalue weighted by atomic mass is 10.1. The number of rotatable bonds is 6. The van der Waals surface area contributed by atoms with E-state index in [1.54, 1.807) is 0 Å². The van der Waals surface area contributed by atoms with Crippen LogP contribution in [0.4, 0.5) is 0 Å². The smallest absolute Gasteiger partial charge is 0.254 e. The number of ether oxygens (including phenoxy) is 1. The van der Waals surface area contributed by atoms with Gasteiger partial charge < -0.3 is 14.2 Å². The quantitative estimate of drug-likeness (QED) is 0.627. The Labute approximate surface area is 170 Å². The summed E-state index contributed by atoms with van der Waals surface area (Å²) >= 11 is 0. The van der Waals surface area contributed by atoms with Crippen LogP contribution in [0.5, 0.6) is 5.75 Å². The first-order valence-corrected chi connectivity index (χ1v) is 10.00. The number of nitrogens with zero attached hydrogens (tertiary/aromatic N) is 3. The van der Waals surface area contributed by atoms with Crippen molar-refractivity contribution in [1.82, 2.24) is 15.0 Å². The van der Waals surface area contributed by atoms with Gasteiger partial charge >= 0.3 is 0 Å². The van der Waals surface area contributed by atoms with Crippen LogP contribution in [0.25, 0.3) is 0 Å². The Kier molecular flexibility index (Phi) is 5.60. The third kappa shape index (κ3) is 4.47. The maximum Gasteiger partial charge on any atom is 0.254 e. The molecule has 0 spiro atoms. The molecular weight excluding hydrogens is 366 g/mol. The highest BCUT2D eigenvalue weighted by Crippen LogP contribution is 2.32. The molecule has 1 aliphatic rings. The molecule has 1 saturated heterocycles. The van der Waals surface area contributed by atoms with Gasteiger partial charge in [-0.1, -0.05) is 35.0 Å². The van der Waals surface area contributed by atoms with Crippen molar-refractivity contribution in [1.29, 1.82) is 0 Å². The number of carbonyl (C=O) groups excluding carboxylic acids is 1. The fourth-order valence-electron chi connectivity index (χ4n) is 3.68. The van der Waals surface area contributed by atoms with E-state index in [2.05, 4.69) is 10.1 Å². The summed E-state index contributed by atoms with van der Waals surface area (Å²) in [6.45, 7) is 5.19. The Bertz CT molecular complexity index is 998. The number of hydrogen-bond donors (Lipinski definition) is 0. The van der Waals surface area contributed by atoms with E-state index in [4.69, 9.17) is 9.26 Å². The van der Waals surface area contributed by atoms with Gasteiger partial charge in [0.25, 0.3) is 5.91 Å². The molecule has 2 heterocycles. The lowest BCUT2D eigenvalue weighted by molar-refractivity contribution is 0.0710. The first-order chi connectivity index (χ1) is 14.1. The number of hydrogen-bond acceptors (Lipinski definition) is 5. The largest absolute Gasteiger partial charge is 0.493 e. The molecule has 6 nitrogen and oxygen atoms in total. The second-order valence-corrected chi connectivity index (χ2v) is 7.49. The Balaban J connectivity index is 1.39. The summed E-state index contributed by atoms with van der Waals surface area (Å²) in [4.78, 5) is 19.3. The van der Waals surface area contributed by atoms with Crippen LogP contribution in [0.15, 0.2) is 53.1 Å². The van der Waals surface area contributed by atoms with E-state index in [-0.39, 0.29) is 11.9 Å². The Morgan fingerprint density at radius 2 is 1.97 bits per heavy atom. The summed E-state index contributed by atoms with van der Waals surface area (Å²) in [6.07, 6.45) is 2.31. The molecule has 0 saturated carbocycles. The van der Waals surface area contributed by atoms with Crippen molar-refractivity contribution in [3.8, 4) is 5.75 Å². The van der Waals surface area contributed by atoms with Crippen LogP contribution in [0.1, 0.15) is 52.1 Å². The molecule has 1 unspecified atom stereocenters. The van der Waals surface area contributed by atoms with Crippen LogP contribution in [0.3, 0.4) is 0 Å². The molecule has 2 aromatic carbocycles. The van der Waals surface area contributed by atoms with Crippen molar-refractivity contribution in [3.05, 3.63) is 76.9 Å². The second-order valence-electron chi connectivity index (χ2n) is 7.49. The highest BCUT2D eigenvalue weighted by atomic mass is 16.5. The average Bonchev–Trinajstić information content (AvgIpc) is 3.37. The Morgan fingerprint density at radius 1 is 1.17 bits per heavy atom. The third-order valence-corrected chi connectivity index (χ3v) is 5.13. The molecule has 1 fully saturated rings. The Morgan fingerprint density at radius 3 is 2.76 bits per heavy atom. The molecule has 6 heteroatoms. The van der Waals surface area contributed by atoms with Gasteiger partial charge in [0.05, 0.1) is 6.61 Å². The minimum absolute atomic E-state index is 0.0127. The Hall–Kier alpha value is -3.15. The normalized spacial score (nSPS) is 16.2. The monoisotopic (exact) mass is 391 g/mol. The van der Waals surface area contributed by atoms with Gasteiger partial charge in [0.15, 0.2) is 5.82 Å². The predicted molar refractivity (Wildman–Crippen MR) is 109 cm³/mol. The van der Waals surface area contributed by atoms with Gasteiger partial charge in [0.1, 0.15) is 11.8 Å². The van der Waals surface area contributed by atoms with Gasteiger partial charge in [-0.15, -0.1) is 0 Å². The number of amides is 1. The molecule has 1 aromatic heterocycles. The molecule has 3 aromatic rings. The van der Waals surface area contributed by atoms with Crippen molar-refractivity contribution in [2.24, 2.45) is 0 Å². The van der Waals surface area contributed by atoms with Gasteiger partial charge in [-0.3, -0.25) is 4.79 Å². The second kappa shape index (κ2) is 8.47. The van der Waals surface area contributed by atoms with Gasteiger partial charge in [-0.2, -0.15) is 4.98 Å². The molecule has 0 aliphatic carbocycles. The van der Waals surface area contributed by atoms with Gasteiger partial charge in [0.2, 0.25) is 5.89 Å². The summed E-state index contributed by atoms with van der Waals surface area (Å²) in [5.74, 6) is 1.95. The zero-order valence-electron chi connectivity index (χ0n) is 16.8. The summed E-state index contributed by atoms with van der Waals surface area (Å²) in [5, 5.41) is 4.09. The molecule has 1 amide bonds. The van der Waals surface area contributed by atoms with Crippen LogP contribution in [-0.2, 0) is 6.42 Å². The van der Waals surface area contributed by atoms with E-state index in [1.807, 2.05) is 67.3 Å². The van der Waals surface area contributed by atoms with E-state index in [1.165, 1.54) is 0 Å². The van der Waals surface area contributed by atoms with E-state index < -0.39 is 0 Å². The number of aryl methyl sites for hydroxylation is 2. The van der Waals surface area contributed by atoms with Gasteiger partial charge in [0, 0.05) is 18.5 Å². The first-order valence-electron chi connectivity index (χ1n) is 10.00. The van der Waals surface area contributed by atoms with Crippen molar-refractivity contribution in [3.63, 3.8) is 0 Å². The molecule has 0 bridgehead atoms. The molecule has 0 N–H and O–H groups in total. The molecule has 1 aliphatic heterocycles. The summed E-state index contributed by atoms with van der Waals surface area (Å²) < 4.78 is 11.3. The minimum Gasteiger partial charge on any atom is -0.493 e. The molecule has 150 valence electrons. The minimum atomic E-state index is -0.165. The first kappa shape index (κ1) is 19.2. The third-order valence-electron chi connectivity index (χ3n) is 5.13. The van der Waals surface area contributed by atoms with Crippen LogP contribution in [0, 0.1) is 13.8 Å². The molecule has 1 atom stereocenters. The maximum atomic E-state index is 13.0. The highest BCUT2D eigenvalue weighted by Gasteiger charge is 2.34. The molecule has 4 rings (SSSR count).